The molecule has 1 saturated heterocycles. The number of carbonyl (C=O) groups is 2. The van der Waals surface area contributed by atoms with Crippen LogP contribution in [0.4, 0.5) is 5.69 Å². The van der Waals surface area contributed by atoms with Crippen LogP contribution in [0, 0.1) is 6.92 Å². The van der Waals surface area contributed by atoms with Gasteiger partial charge >= 0.3 is 0 Å². The van der Waals surface area contributed by atoms with Crippen LogP contribution in [0.1, 0.15) is 60.6 Å². The van der Waals surface area contributed by atoms with E-state index in [1.807, 2.05) is 54.0 Å². The topological polar surface area (TPSA) is 56.8 Å². The Labute approximate surface area is 191 Å². The van der Waals surface area contributed by atoms with Gasteiger partial charge in [-0.25, -0.2) is 0 Å². The number of nitrogens with zero attached hydrogens (tertiary/aromatic N) is 4. The molecule has 170 valence electrons. The van der Waals surface area contributed by atoms with E-state index in [0.29, 0.717) is 43.7 Å². The molecule has 3 heterocycles. The van der Waals surface area contributed by atoms with E-state index in [-0.39, 0.29) is 11.8 Å². The first-order valence-electron chi connectivity index (χ1n) is 11.8. The van der Waals surface area contributed by atoms with Crippen LogP contribution in [0.3, 0.4) is 0 Å². The van der Waals surface area contributed by atoms with Crippen molar-refractivity contribution in [3.05, 3.63) is 59.4 Å². The molecule has 1 fully saturated rings. The zero-order valence-corrected chi connectivity index (χ0v) is 19.5. The van der Waals surface area contributed by atoms with Crippen LogP contribution in [0.5, 0.6) is 0 Å². The zero-order chi connectivity index (χ0) is 22.7. The van der Waals surface area contributed by atoms with Gasteiger partial charge in [0.2, 0.25) is 5.91 Å². The fourth-order valence-electron chi connectivity index (χ4n) is 5.18. The van der Waals surface area contributed by atoms with Crippen molar-refractivity contribution in [1.82, 2.24) is 14.8 Å². The van der Waals surface area contributed by atoms with E-state index in [0.717, 1.165) is 42.6 Å². The van der Waals surface area contributed by atoms with E-state index in [1.54, 1.807) is 6.20 Å². The number of carbonyl (C=O) groups excluding carboxylic acids is 2. The van der Waals surface area contributed by atoms with Gasteiger partial charge in [0.15, 0.2) is 0 Å². The van der Waals surface area contributed by atoms with Crippen molar-refractivity contribution in [1.29, 1.82) is 0 Å². The number of anilines is 1. The molecule has 2 atom stereocenters. The molecule has 0 aliphatic carbocycles. The van der Waals surface area contributed by atoms with Crippen LogP contribution in [0.25, 0.3) is 0 Å². The van der Waals surface area contributed by atoms with Crippen molar-refractivity contribution in [3.63, 3.8) is 0 Å². The first kappa shape index (κ1) is 22.5. The molecule has 2 aliphatic rings. The number of para-hydroxylation sites is 1. The standard InChI is InChI=1S/C26H34N4O2/c1-4-25(31)30-16-14-21-10-7-11-22(28(21)3)18-29(17-20-9-5-6-13-24(20)30)26(32)23-12-8-15-27-19(23)2/h5-6,8-9,12-13,15,21-22H,4,7,10-11,14,16-18H2,1-3H3. The lowest BCUT2D eigenvalue weighted by Crippen LogP contribution is -2.50. The monoisotopic (exact) mass is 434 g/mol. The average Bonchev–Trinajstić information content (AvgIpc) is 2.81. The summed E-state index contributed by atoms with van der Waals surface area (Å²) in [7, 11) is 2.18. The van der Waals surface area contributed by atoms with Crippen LogP contribution in [-0.2, 0) is 11.3 Å². The molecule has 2 bridgehead atoms. The highest BCUT2D eigenvalue weighted by Crippen LogP contribution is 2.30. The highest BCUT2D eigenvalue weighted by molar-refractivity contribution is 5.96. The first-order chi connectivity index (χ1) is 15.5. The van der Waals surface area contributed by atoms with Crippen LogP contribution >= 0.6 is 0 Å². The average molecular weight is 435 g/mol. The van der Waals surface area contributed by atoms with Gasteiger partial charge in [-0.15, -0.1) is 0 Å². The fraction of sp³-hybridized carbons (Fsp3) is 0.500. The molecule has 2 aliphatic heterocycles. The minimum Gasteiger partial charge on any atom is -0.333 e. The van der Waals surface area contributed by atoms with Crippen molar-refractivity contribution in [2.24, 2.45) is 0 Å². The number of pyridine rings is 1. The van der Waals surface area contributed by atoms with Crippen molar-refractivity contribution in [2.45, 2.75) is 64.6 Å². The quantitative estimate of drug-likeness (QED) is 0.716. The Hall–Kier alpha value is -2.73. The Morgan fingerprint density at radius 3 is 2.62 bits per heavy atom. The van der Waals surface area contributed by atoms with Gasteiger partial charge in [0, 0.05) is 55.7 Å². The van der Waals surface area contributed by atoms with E-state index < -0.39 is 0 Å². The number of likely N-dealkylation sites (N-methyl/N-ethyl adjacent to an activating group) is 1. The van der Waals surface area contributed by atoms with E-state index in [4.69, 9.17) is 0 Å². The summed E-state index contributed by atoms with van der Waals surface area (Å²) in [5.74, 6) is 0.140. The maximum atomic E-state index is 13.7. The lowest BCUT2D eigenvalue weighted by Gasteiger charge is -2.42. The zero-order valence-electron chi connectivity index (χ0n) is 19.5. The number of aryl methyl sites for hydroxylation is 1. The molecule has 0 saturated carbocycles. The summed E-state index contributed by atoms with van der Waals surface area (Å²) in [6.45, 7) is 5.67. The van der Waals surface area contributed by atoms with Crippen LogP contribution in [0.15, 0.2) is 42.6 Å². The maximum Gasteiger partial charge on any atom is 0.256 e. The molecule has 2 amide bonds. The number of rotatable bonds is 2. The Morgan fingerprint density at radius 2 is 1.84 bits per heavy atom. The van der Waals surface area contributed by atoms with Crippen molar-refractivity contribution in [2.75, 3.05) is 25.0 Å². The molecule has 0 radical (unpaired) electrons. The molecule has 32 heavy (non-hydrogen) atoms. The molecular formula is C26H34N4O2. The number of hydrogen-bond donors (Lipinski definition) is 0. The Morgan fingerprint density at radius 1 is 1.06 bits per heavy atom. The summed E-state index contributed by atoms with van der Waals surface area (Å²) in [6.07, 6.45) is 6.52. The van der Waals surface area contributed by atoms with Crippen LogP contribution < -0.4 is 4.90 Å². The number of hydrogen-bond acceptors (Lipinski definition) is 4. The second-order valence-electron chi connectivity index (χ2n) is 9.04. The summed E-state index contributed by atoms with van der Waals surface area (Å²) in [5.41, 5.74) is 3.34. The molecule has 2 aromatic rings. The third kappa shape index (κ3) is 4.56. The SMILES string of the molecule is CCC(=O)N1CCC2CCCC(CN(C(=O)c3cccnc3C)Cc3ccccc31)N2C. The minimum absolute atomic E-state index is 0.00791. The summed E-state index contributed by atoms with van der Waals surface area (Å²) in [5, 5.41) is 0. The molecule has 0 spiro atoms. The Kier molecular flexibility index (Phi) is 6.89. The number of piperidine rings is 1. The lowest BCUT2D eigenvalue weighted by molar-refractivity contribution is -0.118. The number of benzene rings is 1. The van der Waals surface area contributed by atoms with E-state index in [1.165, 1.54) is 0 Å². The van der Waals surface area contributed by atoms with Crippen molar-refractivity contribution < 1.29 is 9.59 Å². The molecule has 0 N–H and O–H groups in total. The van der Waals surface area contributed by atoms with E-state index >= 15 is 0 Å². The molecule has 2 unspecified atom stereocenters. The van der Waals surface area contributed by atoms with Crippen molar-refractivity contribution >= 4 is 17.5 Å². The van der Waals surface area contributed by atoms with Crippen LogP contribution in [-0.4, -0.2) is 58.8 Å². The highest BCUT2D eigenvalue weighted by atomic mass is 16.2. The lowest BCUT2D eigenvalue weighted by atomic mass is 9.93. The molecule has 1 aromatic carbocycles. The maximum absolute atomic E-state index is 13.7. The summed E-state index contributed by atoms with van der Waals surface area (Å²) in [4.78, 5) is 37.3. The number of fused-ring (bicyclic) bond motifs is 3. The van der Waals surface area contributed by atoms with Gasteiger partial charge in [-0.1, -0.05) is 31.5 Å². The van der Waals surface area contributed by atoms with Crippen LogP contribution in [0.2, 0.25) is 0 Å². The summed E-state index contributed by atoms with van der Waals surface area (Å²) in [6, 6.07) is 12.5. The Bertz CT molecular complexity index is 976. The van der Waals surface area contributed by atoms with E-state index in [2.05, 4.69) is 23.0 Å². The molecule has 6 heteroatoms. The normalized spacial score (nSPS) is 22.1. The first-order valence-corrected chi connectivity index (χ1v) is 11.8. The van der Waals surface area contributed by atoms with Gasteiger partial charge in [-0.05, 0) is 57.0 Å². The van der Waals surface area contributed by atoms with Gasteiger partial charge < -0.3 is 9.80 Å². The molecule has 4 rings (SSSR count). The number of amides is 2. The summed E-state index contributed by atoms with van der Waals surface area (Å²) < 4.78 is 0. The molecule has 6 nitrogen and oxygen atoms in total. The molecular weight excluding hydrogens is 400 g/mol. The summed E-state index contributed by atoms with van der Waals surface area (Å²) >= 11 is 0. The number of aromatic nitrogens is 1. The highest BCUT2D eigenvalue weighted by Gasteiger charge is 2.33. The minimum atomic E-state index is 0.00791. The van der Waals surface area contributed by atoms with Crippen molar-refractivity contribution in [3.8, 4) is 0 Å². The fourth-order valence-corrected chi connectivity index (χ4v) is 5.18. The smallest absolute Gasteiger partial charge is 0.256 e. The van der Waals surface area contributed by atoms with Gasteiger partial charge in [-0.3, -0.25) is 19.5 Å². The largest absolute Gasteiger partial charge is 0.333 e. The van der Waals surface area contributed by atoms with Gasteiger partial charge in [-0.2, -0.15) is 0 Å². The third-order valence-corrected chi connectivity index (χ3v) is 7.12. The van der Waals surface area contributed by atoms with Gasteiger partial charge in [0.05, 0.1) is 5.56 Å². The predicted octanol–water partition coefficient (Wildman–Crippen LogP) is 4.03. The molecule has 1 aromatic heterocycles. The second-order valence-corrected chi connectivity index (χ2v) is 9.04. The van der Waals surface area contributed by atoms with E-state index in [9.17, 15) is 9.59 Å². The Balaban J connectivity index is 1.77. The third-order valence-electron chi connectivity index (χ3n) is 7.12. The van der Waals surface area contributed by atoms with Gasteiger partial charge in [0.25, 0.3) is 5.91 Å². The second kappa shape index (κ2) is 9.82. The predicted molar refractivity (Wildman–Crippen MR) is 127 cm³/mol. The van der Waals surface area contributed by atoms with Gasteiger partial charge in [0.1, 0.15) is 0 Å².